The van der Waals surface area contributed by atoms with Gasteiger partial charge in [0, 0.05) is 11.1 Å². The Hall–Kier alpha value is -1.95. The summed E-state index contributed by atoms with van der Waals surface area (Å²) in [5, 5.41) is 18.5. The minimum atomic E-state index is -1.14. The molecule has 1 heterocycles. The van der Waals surface area contributed by atoms with Crippen LogP contribution in [0.3, 0.4) is 0 Å². The molecule has 7 heteroatoms. The number of hydrogen-bond acceptors (Lipinski definition) is 4. The summed E-state index contributed by atoms with van der Waals surface area (Å²) in [5.74, 6) is -1.47. The molecule has 1 aromatic rings. The average Bonchev–Trinajstić information content (AvgIpc) is 2.30. The molecule has 0 saturated heterocycles. The lowest BCUT2D eigenvalue weighted by Gasteiger charge is -2.05. The van der Waals surface area contributed by atoms with E-state index in [4.69, 9.17) is 16.7 Å². The Kier molecular flexibility index (Phi) is 4.17. The van der Waals surface area contributed by atoms with Crippen LogP contribution in [0.5, 0.6) is 0 Å². The van der Waals surface area contributed by atoms with E-state index in [0.717, 1.165) is 0 Å². The highest BCUT2D eigenvalue weighted by Crippen LogP contribution is 2.09. The molecule has 0 aromatic carbocycles. The van der Waals surface area contributed by atoms with E-state index in [1.165, 1.54) is 26.0 Å². The highest BCUT2D eigenvalue weighted by molar-refractivity contribution is 6.29. The maximum atomic E-state index is 11.6. The first-order chi connectivity index (χ1) is 7.91. The van der Waals surface area contributed by atoms with Crippen LogP contribution in [0, 0.1) is 0 Å². The number of aliphatic carboxylic acids is 1. The van der Waals surface area contributed by atoms with E-state index in [1.54, 1.807) is 0 Å². The predicted octanol–water partition coefficient (Wildman–Crippen LogP) is 1.49. The normalized spacial score (nSPS) is 11.7. The summed E-state index contributed by atoms with van der Waals surface area (Å²) in [6.45, 7) is 2.77. The number of halogens is 1. The number of nitrogens with one attached hydrogen (secondary N) is 1. The molecular weight excluding hydrogens is 246 g/mol. The highest BCUT2D eigenvalue weighted by atomic mass is 35.5. The highest BCUT2D eigenvalue weighted by Gasteiger charge is 2.13. The first-order valence-electron chi connectivity index (χ1n) is 4.63. The number of amides is 1. The van der Waals surface area contributed by atoms with Crippen molar-refractivity contribution in [2.75, 3.05) is 5.32 Å². The summed E-state index contributed by atoms with van der Waals surface area (Å²) in [6, 6.07) is 2.93. The minimum Gasteiger partial charge on any atom is -0.478 e. The van der Waals surface area contributed by atoms with Crippen molar-refractivity contribution in [3.05, 3.63) is 28.4 Å². The van der Waals surface area contributed by atoms with Gasteiger partial charge in [-0.25, -0.2) is 4.79 Å². The number of aromatic nitrogens is 2. The minimum absolute atomic E-state index is 0.0237. The van der Waals surface area contributed by atoms with Crippen molar-refractivity contribution in [1.82, 2.24) is 10.2 Å². The van der Waals surface area contributed by atoms with Crippen LogP contribution >= 0.6 is 11.6 Å². The van der Waals surface area contributed by atoms with E-state index in [-0.39, 0.29) is 22.1 Å². The third-order valence-corrected chi connectivity index (χ3v) is 2.30. The fourth-order valence-corrected chi connectivity index (χ4v) is 1.02. The zero-order valence-corrected chi connectivity index (χ0v) is 9.95. The molecule has 0 aliphatic carbocycles. The van der Waals surface area contributed by atoms with E-state index in [2.05, 4.69) is 15.5 Å². The Balaban J connectivity index is 2.83. The molecule has 6 nitrogen and oxygen atoms in total. The van der Waals surface area contributed by atoms with Gasteiger partial charge in [-0.1, -0.05) is 11.6 Å². The molecule has 2 N–H and O–H groups in total. The van der Waals surface area contributed by atoms with Crippen LogP contribution in [-0.2, 0) is 9.59 Å². The van der Waals surface area contributed by atoms with Gasteiger partial charge in [0.2, 0.25) is 0 Å². The van der Waals surface area contributed by atoms with E-state index in [9.17, 15) is 9.59 Å². The number of hydrogen-bond donors (Lipinski definition) is 2. The molecular formula is C10H10ClN3O3. The zero-order chi connectivity index (χ0) is 13.0. The van der Waals surface area contributed by atoms with Crippen LogP contribution in [0.25, 0.3) is 0 Å². The monoisotopic (exact) mass is 255 g/mol. The second-order valence-corrected chi connectivity index (χ2v) is 3.64. The molecule has 0 aliphatic heterocycles. The molecule has 0 unspecified atom stereocenters. The molecule has 1 aromatic heterocycles. The van der Waals surface area contributed by atoms with Gasteiger partial charge in [-0.3, -0.25) is 4.79 Å². The lowest BCUT2D eigenvalue weighted by Crippen LogP contribution is -2.17. The lowest BCUT2D eigenvalue weighted by molar-refractivity contribution is -0.133. The predicted molar refractivity (Wildman–Crippen MR) is 61.7 cm³/mol. The Morgan fingerprint density at radius 1 is 1.24 bits per heavy atom. The smallest absolute Gasteiger partial charge is 0.331 e. The van der Waals surface area contributed by atoms with Crippen LogP contribution in [0.15, 0.2) is 23.3 Å². The number of carbonyl (C=O) groups is 2. The Bertz CT molecular complexity index is 482. The summed E-state index contributed by atoms with van der Waals surface area (Å²) < 4.78 is 0. The summed E-state index contributed by atoms with van der Waals surface area (Å²) in [6.07, 6.45) is 0. The van der Waals surface area contributed by atoms with Crippen molar-refractivity contribution in [2.45, 2.75) is 13.8 Å². The van der Waals surface area contributed by atoms with Gasteiger partial charge in [0.15, 0.2) is 11.0 Å². The van der Waals surface area contributed by atoms with Crippen molar-refractivity contribution >= 4 is 29.3 Å². The maximum Gasteiger partial charge on any atom is 0.331 e. The summed E-state index contributed by atoms with van der Waals surface area (Å²) in [5.41, 5.74) is 0.0821. The van der Waals surface area contributed by atoms with Crippen molar-refractivity contribution < 1.29 is 14.7 Å². The summed E-state index contributed by atoms with van der Waals surface area (Å²) >= 11 is 5.53. The van der Waals surface area contributed by atoms with Crippen LogP contribution in [0.4, 0.5) is 5.82 Å². The van der Waals surface area contributed by atoms with Gasteiger partial charge in [-0.15, -0.1) is 10.2 Å². The fraction of sp³-hybridized carbons (Fsp3) is 0.200. The molecule has 0 atom stereocenters. The molecule has 0 bridgehead atoms. The molecule has 0 spiro atoms. The lowest BCUT2D eigenvalue weighted by atomic mass is 10.1. The largest absolute Gasteiger partial charge is 0.478 e. The molecule has 0 fully saturated rings. The molecule has 1 amide bonds. The number of carboxylic acids is 1. The number of nitrogens with zero attached hydrogens (tertiary/aromatic N) is 2. The van der Waals surface area contributed by atoms with Crippen LogP contribution in [0.1, 0.15) is 13.8 Å². The first kappa shape index (κ1) is 13.1. The molecule has 0 aliphatic rings. The fourth-order valence-electron chi connectivity index (χ4n) is 0.923. The molecule has 0 saturated carbocycles. The average molecular weight is 256 g/mol. The number of rotatable bonds is 3. The Morgan fingerprint density at radius 2 is 1.88 bits per heavy atom. The molecule has 1 rings (SSSR count). The number of carboxylic acid groups (broad SMARTS) is 1. The maximum absolute atomic E-state index is 11.6. The van der Waals surface area contributed by atoms with Crippen molar-refractivity contribution in [1.29, 1.82) is 0 Å². The van der Waals surface area contributed by atoms with Gasteiger partial charge < -0.3 is 10.4 Å². The number of carbonyl (C=O) groups excluding carboxylic acids is 1. The van der Waals surface area contributed by atoms with Gasteiger partial charge in [0.25, 0.3) is 5.91 Å². The zero-order valence-electron chi connectivity index (χ0n) is 9.19. The van der Waals surface area contributed by atoms with Gasteiger partial charge in [0.05, 0.1) is 0 Å². The topological polar surface area (TPSA) is 92.2 Å². The molecule has 17 heavy (non-hydrogen) atoms. The first-order valence-corrected chi connectivity index (χ1v) is 5.01. The Labute approximate surface area is 102 Å². The van der Waals surface area contributed by atoms with Crippen molar-refractivity contribution in [2.24, 2.45) is 0 Å². The van der Waals surface area contributed by atoms with E-state index >= 15 is 0 Å². The van der Waals surface area contributed by atoms with Crippen LogP contribution in [0.2, 0.25) is 5.15 Å². The van der Waals surface area contributed by atoms with Crippen molar-refractivity contribution in [3.8, 4) is 0 Å². The van der Waals surface area contributed by atoms with Gasteiger partial charge in [0.1, 0.15) is 0 Å². The third kappa shape index (κ3) is 3.53. The Morgan fingerprint density at radius 3 is 2.35 bits per heavy atom. The standard InChI is InChI=1S/C10H10ClN3O3/c1-5(6(2)10(16)17)9(15)12-8-4-3-7(11)13-14-8/h3-4H,1-2H3,(H,16,17)(H,12,14,15)/b6-5+. The van der Waals surface area contributed by atoms with E-state index in [1.807, 2.05) is 0 Å². The third-order valence-electron chi connectivity index (χ3n) is 2.10. The van der Waals surface area contributed by atoms with E-state index in [0.29, 0.717) is 0 Å². The van der Waals surface area contributed by atoms with Crippen LogP contribution < -0.4 is 5.32 Å². The van der Waals surface area contributed by atoms with Crippen molar-refractivity contribution in [3.63, 3.8) is 0 Å². The van der Waals surface area contributed by atoms with Gasteiger partial charge >= 0.3 is 5.97 Å². The van der Waals surface area contributed by atoms with E-state index < -0.39 is 11.9 Å². The second kappa shape index (κ2) is 5.40. The number of anilines is 1. The quantitative estimate of drug-likeness (QED) is 0.799. The molecule has 0 radical (unpaired) electrons. The van der Waals surface area contributed by atoms with Gasteiger partial charge in [-0.05, 0) is 26.0 Å². The second-order valence-electron chi connectivity index (χ2n) is 3.25. The van der Waals surface area contributed by atoms with Crippen LogP contribution in [-0.4, -0.2) is 27.2 Å². The summed E-state index contributed by atoms with van der Waals surface area (Å²) in [4.78, 5) is 22.3. The van der Waals surface area contributed by atoms with Gasteiger partial charge in [-0.2, -0.15) is 0 Å². The SMILES string of the molecule is C/C(C(=O)O)=C(/C)C(=O)Nc1ccc(Cl)nn1. The molecule has 90 valence electrons. The summed E-state index contributed by atoms with van der Waals surface area (Å²) in [7, 11) is 0.